The number of amides is 1. The molecule has 9 heteroatoms. The lowest BCUT2D eigenvalue weighted by Crippen LogP contribution is -2.35. The molecule has 142 valence electrons. The van der Waals surface area contributed by atoms with E-state index in [1.165, 1.54) is 34.7 Å². The minimum atomic E-state index is -3.73. The zero-order chi connectivity index (χ0) is 19.2. The molecule has 0 atom stereocenters. The van der Waals surface area contributed by atoms with Gasteiger partial charge in [-0.3, -0.25) is 4.79 Å². The Balaban J connectivity index is 2.11. The summed E-state index contributed by atoms with van der Waals surface area (Å²) >= 11 is 6.08. The molecule has 1 heterocycles. The second-order valence-electron chi connectivity index (χ2n) is 5.77. The third kappa shape index (κ3) is 5.30. The highest BCUT2D eigenvalue weighted by Gasteiger charge is 2.28. The maximum atomic E-state index is 12.8. The molecule has 1 aliphatic rings. The maximum Gasteiger partial charge on any atom is 0.330 e. The lowest BCUT2D eigenvalue weighted by Gasteiger charge is -2.26. The first-order valence-corrected chi connectivity index (χ1v) is 10.1. The van der Waals surface area contributed by atoms with Crippen molar-refractivity contribution >= 4 is 39.2 Å². The molecule has 2 rings (SSSR count). The van der Waals surface area contributed by atoms with E-state index >= 15 is 0 Å². The van der Waals surface area contributed by atoms with Crippen molar-refractivity contribution in [1.29, 1.82) is 0 Å². The second kappa shape index (κ2) is 9.16. The summed E-state index contributed by atoms with van der Waals surface area (Å²) < 4.78 is 31.7. The van der Waals surface area contributed by atoms with Crippen LogP contribution in [0.4, 0.5) is 5.69 Å². The normalized spacial score (nSPS) is 15.8. The fraction of sp³-hybridized carbons (Fsp3) is 0.412. The smallest absolute Gasteiger partial charge is 0.330 e. The van der Waals surface area contributed by atoms with Gasteiger partial charge in [0, 0.05) is 24.9 Å². The van der Waals surface area contributed by atoms with E-state index in [0.717, 1.165) is 19.3 Å². The summed E-state index contributed by atoms with van der Waals surface area (Å²) in [6.45, 7) is 2.09. The molecule has 1 aromatic rings. The Morgan fingerprint density at radius 3 is 2.62 bits per heavy atom. The van der Waals surface area contributed by atoms with Crippen molar-refractivity contribution in [3.63, 3.8) is 0 Å². The van der Waals surface area contributed by atoms with Crippen LogP contribution in [0.3, 0.4) is 0 Å². The SMILES string of the molecule is C/C=C/C(=O)OCC(=O)Nc1ccc(Cl)c(S(=O)(=O)N2CCCCC2)c1. The number of benzene rings is 1. The van der Waals surface area contributed by atoms with Crippen LogP contribution < -0.4 is 5.32 Å². The highest BCUT2D eigenvalue weighted by atomic mass is 35.5. The first kappa shape index (κ1) is 20.4. The fourth-order valence-corrected chi connectivity index (χ4v) is 4.56. The molecule has 0 unspecified atom stereocenters. The van der Waals surface area contributed by atoms with E-state index < -0.39 is 28.5 Å². The number of sulfonamides is 1. The van der Waals surface area contributed by atoms with Gasteiger partial charge in [0.1, 0.15) is 4.90 Å². The molecule has 0 saturated carbocycles. The number of hydrogen-bond acceptors (Lipinski definition) is 5. The van der Waals surface area contributed by atoms with Gasteiger partial charge in [0.2, 0.25) is 10.0 Å². The van der Waals surface area contributed by atoms with E-state index in [1.807, 2.05) is 0 Å². The van der Waals surface area contributed by atoms with Crippen LogP contribution in [0.25, 0.3) is 0 Å². The number of halogens is 1. The molecule has 1 amide bonds. The molecule has 26 heavy (non-hydrogen) atoms. The van der Waals surface area contributed by atoms with Crippen molar-refractivity contribution in [1.82, 2.24) is 4.31 Å². The van der Waals surface area contributed by atoms with Gasteiger partial charge in [-0.25, -0.2) is 13.2 Å². The van der Waals surface area contributed by atoms with E-state index in [0.29, 0.717) is 13.1 Å². The second-order valence-corrected chi connectivity index (χ2v) is 8.08. The number of piperidine rings is 1. The molecular weight excluding hydrogens is 380 g/mol. The first-order valence-electron chi connectivity index (χ1n) is 8.23. The molecule has 1 saturated heterocycles. The van der Waals surface area contributed by atoms with E-state index in [-0.39, 0.29) is 15.6 Å². The molecule has 1 fully saturated rings. The van der Waals surface area contributed by atoms with Crippen molar-refractivity contribution in [3.8, 4) is 0 Å². The van der Waals surface area contributed by atoms with E-state index in [1.54, 1.807) is 6.92 Å². The van der Waals surface area contributed by atoms with Gasteiger partial charge in [-0.1, -0.05) is 24.1 Å². The van der Waals surface area contributed by atoms with Gasteiger partial charge >= 0.3 is 5.97 Å². The number of ether oxygens (including phenoxy) is 1. The van der Waals surface area contributed by atoms with E-state index in [2.05, 4.69) is 5.32 Å². The summed E-state index contributed by atoms with van der Waals surface area (Å²) in [6.07, 6.45) is 5.31. The number of nitrogens with one attached hydrogen (secondary N) is 1. The van der Waals surface area contributed by atoms with Crippen LogP contribution in [-0.4, -0.2) is 44.3 Å². The van der Waals surface area contributed by atoms with Gasteiger partial charge < -0.3 is 10.1 Å². The highest BCUT2D eigenvalue weighted by Crippen LogP contribution is 2.29. The molecular formula is C17H21ClN2O5S. The van der Waals surface area contributed by atoms with Crippen molar-refractivity contribution < 1.29 is 22.7 Å². The quantitative estimate of drug-likeness (QED) is 0.585. The molecule has 1 aromatic carbocycles. The largest absolute Gasteiger partial charge is 0.452 e. The van der Waals surface area contributed by atoms with Gasteiger partial charge in [0.05, 0.1) is 5.02 Å². The predicted molar refractivity (Wildman–Crippen MR) is 98.5 cm³/mol. The van der Waals surface area contributed by atoms with Gasteiger partial charge in [0.15, 0.2) is 6.61 Å². The Morgan fingerprint density at radius 1 is 1.27 bits per heavy atom. The Hall–Kier alpha value is -1.90. The number of carbonyl (C=O) groups is 2. The number of hydrogen-bond donors (Lipinski definition) is 1. The number of rotatable bonds is 6. The third-order valence-electron chi connectivity index (χ3n) is 3.80. The number of anilines is 1. The van der Waals surface area contributed by atoms with Crippen LogP contribution in [0.15, 0.2) is 35.2 Å². The van der Waals surface area contributed by atoms with Gasteiger partial charge in [-0.15, -0.1) is 0 Å². The van der Waals surface area contributed by atoms with Crippen molar-refractivity contribution in [3.05, 3.63) is 35.4 Å². The topological polar surface area (TPSA) is 92.8 Å². The molecule has 0 radical (unpaired) electrons. The van der Waals surface area contributed by atoms with Crippen LogP contribution in [0.1, 0.15) is 26.2 Å². The summed E-state index contributed by atoms with van der Waals surface area (Å²) in [5.41, 5.74) is 0.261. The van der Waals surface area contributed by atoms with Crippen molar-refractivity contribution in [2.24, 2.45) is 0 Å². The zero-order valence-corrected chi connectivity index (χ0v) is 16.0. The average molecular weight is 401 g/mol. The third-order valence-corrected chi connectivity index (χ3v) is 6.18. The minimum Gasteiger partial charge on any atom is -0.452 e. The van der Waals surface area contributed by atoms with E-state index in [4.69, 9.17) is 16.3 Å². The standard InChI is InChI=1S/C17H21ClN2O5S/c1-2-6-17(22)25-12-16(21)19-13-7-8-14(18)15(11-13)26(23,24)20-9-4-3-5-10-20/h2,6-8,11H,3-5,9-10,12H2,1H3,(H,19,21)/b6-2+. The van der Waals surface area contributed by atoms with Crippen molar-refractivity contribution in [2.75, 3.05) is 25.0 Å². The van der Waals surface area contributed by atoms with Crippen molar-refractivity contribution in [2.45, 2.75) is 31.1 Å². The Morgan fingerprint density at radius 2 is 1.96 bits per heavy atom. The summed E-state index contributed by atoms with van der Waals surface area (Å²) in [4.78, 5) is 23.0. The van der Waals surface area contributed by atoms with Gasteiger partial charge in [-0.2, -0.15) is 4.31 Å². The van der Waals surface area contributed by atoms with Crippen LogP contribution >= 0.6 is 11.6 Å². The first-order chi connectivity index (χ1) is 12.3. The predicted octanol–water partition coefficient (Wildman–Crippen LogP) is 2.57. The number of nitrogens with zero attached hydrogens (tertiary/aromatic N) is 1. The minimum absolute atomic E-state index is 0.0511. The van der Waals surface area contributed by atoms with Gasteiger partial charge in [-0.05, 0) is 38.0 Å². The number of carbonyl (C=O) groups excluding carboxylic acids is 2. The lowest BCUT2D eigenvalue weighted by atomic mass is 10.2. The number of esters is 1. The van der Waals surface area contributed by atoms with Crippen LogP contribution in [0.2, 0.25) is 5.02 Å². The summed E-state index contributed by atoms with van der Waals surface area (Å²) in [6, 6.07) is 4.22. The molecule has 0 aromatic heterocycles. The van der Waals surface area contributed by atoms with E-state index in [9.17, 15) is 18.0 Å². The zero-order valence-electron chi connectivity index (χ0n) is 14.4. The lowest BCUT2D eigenvalue weighted by molar-refractivity contribution is -0.142. The van der Waals surface area contributed by atoms with Crippen LogP contribution in [0.5, 0.6) is 0 Å². The molecule has 0 aliphatic carbocycles. The average Bonchev–Trinajstić information content (AvgIpc) is 2.62. The summed E-state index contributed by atoms with van der Waals surface area (Å²) in [5, 5.41) is 2.59. The summed E-state index contributed by atoms with van der Waals surface area (Å²) in [7, 11) is -3.73. The molecule has 1 aliphatic heterocycles. The monoisotopic (exact) mass is 400 g/mol. The summed E-state index contributed by atoms with van der Waals surface area (Å²) in [5.74, 6) is -1.21. The number of allylic oxidation sites excluding steroid dienone is 1. The molecule has 7 nitrogen and oxygen atoms in total. The van der Waals surface area contributed by atoms with Gasteiger partial charge in [0.25, 0.3) is 5.91 Å². The molecule has 0 spiro atoms. The Labute approximate surface area is 158 Å². The Kier molecular flexibility index (Phi) is 7.19. The van der Waals surface area contributed by atoms with Crippen LogP contribution in [-0.2, 0) is 24.3 Å². The fourth-order valence-electron chi connectivity index (χ4n) is 2.54. The highest BCUT2D eigenvalue weighted by molar-refractivity contribution is 7.89. The maximum absolute atomic E-state index is 12.8. The van der Waals surface area contributed by atoms with Crippen LogP contribution in [0, 0.1) is 0 Å². The molecule has 1 N–H and O–H groups in total. The Bertz CT molecular complexity index is 801. The molecule has 0 bridgehead atoms.